The van der Waals surface area contributed by atoms with Crippen LogP contribution in [-0.4, -0.2) is 35.3 Å². The van der Waals surface area contributed by atoms with Crippen LogP contribution in [0.2, 0.25) is 0 Å². The molecule has 5 rings (SSSR count). The minimum atomic E-state index is -0.449. The Hall–Kier alpha value is -2.24. The molecule has 0 amide bonds. The summed E-state index contributed by atoms with van der Waals surface area (Å²) in [5.74, 6) is 0.454. The van der Waals surface area contributed by atoms with E-state index in [-0.39, 0.29) is 5.82 Å². The maximum Gasteiger partial charge on any atom is 0.125 e. The molecule has 2 bridgehead atoms. The Kier molecular flexibility index (Phi) is 4.44. The van der Waals surface area contributed by atoms with Gasteiger partial charge in [-0.25, -0.2) is 4.39 Å². The first kappa shape index (κ1) is 17.8. The summed E-state index contributed by atoms with van der Waals surface area (Å²) in [4.78, 5) is 2.55. The van der Waals surface area contributed by atoms with Crippen molar-refractivity contribution in [3.05, 3.63) is 65.6 Å². The minimum Gasteiger partial charge on any atom is -0.373 e. The summed E-state index contributed by atoms with van der Waals surface area (Å²) in [5, 5.41) is 8.09. The fourth-order valence-electron chi connectivity index (χ4n) is 5.72. The number of H-pyrrole nitrogens is 1. The van der Waals surface area contributed by atoms with E-state index >= 15 is 0 Å². The van der Waals surface area contributed by atoms with E-state index in [0.717, 1.165) is 48.9 Å². The Balaban J connectivity index is 1.54. The van der Waals surface area contributed by atoms with Crippen LogP contribution in [0.15, 0.2) is 48.7 Å². The second kappa shape index (κ2) is 6.98. The quantitative estimate of drug-likeness (QED) is 0.727. The van der Waals surface area contributed by atoms with Crippen molar-refractivity contribution in [1.29, 1.82) is 0 Å². The van der Waals surface area contributed by atoms with Gasteiger partial charge in [0.05, 0.1) is 11.7 Å². The van der Waals surface area contributed by atoms with Crippen molar-refractivity contribution in [2.24, 2.45) is 11.8 Å². The van der Waals surface area contributed by atoms with Crippen LogP contribution in [0.4, 0.5) is 4.39 Å². The number of benzene rings is 2. The van der Waals surface area contributed by atoms with Crippen LogP contribution >= 0.6 is 0 Å². The molecule has 28 heavy (non-hydrogen) atoms. The molecule has 4 nitrogen and oxygen atoms in total. The Morgan fingerprint density at radius 3 is 2.64 bits per heavy atom. The lowest BCUT2D eigenvalue weighted by atomic mass is 9.62. The molecular formula is C23H26FN3O. The normalized spacial score (nSPS) is 27.9. The number of halogens is 1. The van der Waals surface area contributed by atoms with Gasteiger partial charge in [0, 0.05) is 44.0 Å². The molecule has 1 saturated carbocycles. The minimum absolute atomic E-state index is 0.229. The smallest absolute Gasteiger partial charge is 0.125 e. The van der Waals surface area contributed by atoms with Gasteiger partial charge >= 0.3 is 0 Å². The summed E-state index contributed by atoms with van der Waals surface area (Å²) >= 11 is 0. The summed E-state index contributed by atoms with van der Waals surface area (Å²) in [5.41, 5.74) is 2.60. The van der Waals surface area contributed by atoms with E-state index in [1.807, 2.05) is 6.20 Å². The Bertz CT molecular complexity index is 956. The summed E-state index contributed by atoms with van der Waals surface area (Å²) in [6, 6.07) is 13.8. The molecule has 1 N–H and O–H groups in total. The molecule has 2 heterocycles. The zero-order valence-electron chi connectivity index (χ0n) is 16.2. The molecule has 2 aliphatic rings. The first-order valence-electron chi connectivity index (χ1n) is 10.1. The Morgan fingerprint density at radius 2 is 1.93 bits per heavy atom. The van der Waals surface area contributed by atoms with Crippen LogP contribution in [-0.2, 0) is 16.9 Å². The van der Waals surface area contributed by atoms with E-state index in [2.05, 4.69) is 45.4 Å². The molecular weight excluding hydrogens is 353 g/mol. The number of nitrogens with zero attached hydrogens (tertiary/aromatic N) is 2. The topological polar surface area (TPSA) is 41.1 Å². The highest BCUT2D eigenvalue weighted by molar-refractivity contribution is 5.83. The number of methoxy groups -OCH3 is 1. The molecule has 2 aromatic carbocycles. The number of nitrogens with one attached hydrogen (secondary N) is 1. The number of aromatic nitrogens is 2. The van der Waals surface area contributed by atoms with Gasteiger partial charge < -0.3 is 4.74 Å². The van der Waals surface area contributed by atoms with E-state index < -0.39 is 5.60 Å². The molecule has 2 unspecified atom stereocenters. The number of hydrogen-bond donors (Lipinski definition) is 1. The molecule has 1 aliphatic carbocycles. The number of fused-ring (bicyclic) bond motifs is 3. The average molecular weight is 379 g/mol. The van der Waals surface area contributed by atoms with Crippen LogP contribution in [0, 0.1) is 17.7 Å². The van der Waals surface area contributed by atoms with Gasteiger partial charge in [0.1, 0.15) is 11.4 Å². The lowest BCUT2D eigenvalue weighted by Crippen LogP contribution is -2.58. The van der Waals surface area contributed by atoms with Crippen molar-refractivity contribution in [1.82, 2.24) is 15.1 Å². The summed E-state index contributed by atoms with van der Waals surface area (Å²) in [7, 11) is 1.80. The van der Waals surface area contributed by atoms with Gasteiger partial charge in [-0.15, -0.1) is 0 Å². The van der Waals surface area contributed by atoms with Crippen molar-refractivity contribution < 1.29 is 9.13 Å². The molecule has 1 saturated heterocycles. The van der Waals surface area contributed by atoms with Gasteiger partial charge in [-0.3, -0.25) is 10.00 Å². The monoisotopic (exact) mass is 379 g/mol. The molecule has 3 aromatic rings. The van der Waals surface area contributed by atoms with Gasteiger partial charge in [0.25, 0.3) is 0 Å². The van der Waals surface area contributed by atoms with Crippen LogP contribution in [0.1, 0.15) is 30.4 Å². The molecule has 0 spiro atoms. The first-order chi connectivity index (χ1) is 13.7. The number of hydrogen-bond acceptors (Lipinski definition) is 3. The van der Waals surface area contributed by atoms with Crippen molar-refractivity contribution in [3.63, 3.8) is 0 Å². The second-order valence-electron chi connectivity index (χ2n) is 8.29. The molecule has 5 heteroatoms. The number of likely N-dealkylation sites (tertiary alicyclic amines) is 1. The van der Waals surface area contributed by atoms with E-state index in [9.17, 15) is 4.39 Å². The molecule has 146 valence electrons. The van der Waals surface area contributed by atoms with Gasteiger partial charge in [-0.05, 0) is 36.1 Å². The van der Waals surface area contributed by atoms with E-state index in [1.165, 1.54) is 18.1 Å². The third kappa shape index (κ3) is 2.76. The zero-order chi connectivity index (χ0) is 19.1. The van der Waals surface area contributed by atoms with Crippen molar-refractivity contribution >= 4 is 10.9 Å². The van der Waals surface area contributed by atoms with Gasteiger partial charge in [-0.2, -0.15) is 5.10 Å². The highest BCUT2D eigenvalue weighted by Crippen LogP contribution is 2.53. The van der Waals surface area contributed by atoms with Crippen LogP contribution in [0.5, 0.6) is 0 Å². The number of piperidine rings is 1. The van der Waals surface area contributed by atoms with Gasteiger partial charge in [0.15, 0.2) is 0 Å². The Labute approximate surface area is 164 Å². The van der Waals surface area contributed by atoms with Crippen molar-refractivity contribution in [2.75, 3.05) is 20.2 Å². The molecule has 1 aliphatic heterocycles. The maximum absolute atomic E-state index is 14.5. The molecule has 0 radical (unpaired) electrons. The lowest BCUT2D eigenvalue weighted by molar-refractivity contribution is -0.169. The van der Waals surface area contributed by atoms with Crippen molar-refractivity contribution in [2.45, 2.75) is 31.4 Å². The highest BCUT2D eigenvalue weighted by Gasteiger charge is 2.53. The van der Waals surface area contributed by atoms with E-state index in [4.69, 9.17) is 4.74 Å². The fourth-order valence-corrected chi connectivity index (χ4v) is 5.72. The SMILES string of the molecule is COC1(c2cc(F)cc3[nH]ncc23)C2CCCC1CN(Cc1ccccc1)C2. The summed E-state index contributed by atoms with van der Waals surface area (Å²) in [6.45, 7) is 2.89. The maximum atomic E-state index is 14.5. The molecule has 2 atom stereocenters. The van der Waals surface area contributed by atoms with Gasteiger partial charge in [0.2, 0.25) is 0 Å². The van der Waals surface area contributed by atoms with E-state index in [0.29, 0.717) is 11.8 Å². The van der Waals surface area contributed by atoms with E-state index in [1.54, 1.807) is 13.2 Å². The van der Waals surface area contributed by atoms with Crippen molar-refractivity contribution in [3.8, 4) is 0 Å². The third-order valence-electron chi connectivity index (χ3n) is 6.81. The summed E-state index contributed by atoms with van der Waals surface area (Å²) in [6.07, 6.45) is 5.23. The molecule has 2 fully saturated rings. The van der Waals surface area contributed by atoms with Gasteiger partial charge in [-0.1, -0.05) is 36.8 Å². The second-order valence-corrected chi connectivity index (χ2v) is 8.29. The largest absolute Gasteiger partial charge is 0.373 e. The van der Waals surface area contributed by atoms with Crippen LogP contribution in [0.3, 0.4) is 0 Å². The first-order valence-corrected chi connectivity index (χ1v) is 10.1. The number of ether oxygens (including phenoxy) is 1. The van der Waals surface area contributed by atoms with Crippen LogP contribution in [0.25, 0.3) is 10.9 Å². The standard InChI is InChI=1S/C23H26FN3O/c1-28-23(21-10-19(24)11-22-20(21)12-25-26-22)17-8-5-9-18(23)15-27(14-17)13-16-6-3-2-4-7-16/h2-4,6-7,10-12,17-18H,5,8-9,13-15H2,1H3,(H,25,26). The zero-order valence-corrected chi connectivity index (χ0v) is 16.2. The Morgan fingerprint density at radius 1 is 1.18 bits per heavy atom. The average Bonchev–Trinajstić information content (AvgIpc) is 3.16. The number of aromatic amines is 1. The predicted molar refractivity (Wildman–Crippen MR) is 107 cm³/mol. The van der Waals surface area contributed by atoms with Crippen LogP contribution < -0.4 is 0 Å². The predicted octanol–water partition coefficient (Wildman–Crippen LogP) is 4.48. The lowest BCUT2D eigenvalue weighted by Gasteiger charge is -2.55. The molecule has 1 aromatic heterocycles. The highest BCUT2D eigenvalue weighted by atomic mass is 19.1. The number of rotatable bonds is 4. The fraction of sp³-hybridized carbons (Fsp3) is 0.435. The third-order valence-corrected chi connectivity index (χ3v) is 6.81. The summed E-state index contributed by atoms with van der Waals surface area (Å²) < 4.78 is 20.8.